The van der Waals surface area contributed by atoms with Crippen molar-refractivity contribution in [2.24, 2.45) is 0 Å². The number of carbonyl (C=O) groups is 2. The molecule has 6 nitrogen and oxygen atoms in total. The van der Waals surface area contributed by atoms with E-state index in [9.17, 15) is 14.7 Å². The van der Waals surface area contributed by atoms with Crippen LogP contribution in [0.1, 0.15) is 18.9 Å². The van der Waals surface area contributed by atoms with Crippen molar-refractivity contribution in [2.45, 2.75) is 13.3 Å². The highest BCUT2D eigenvalue weighted by molar-refractivity contribution is 9.10. The number of nitrogens with zero attached hydrogens (tertiary/aromatic N) is 1. The van der Waals surface area contributed by atoms with Gasteiger partial charge in [0.2, 0.25) is 0 Å². The highest BCUT2D eigenvalue weighted by Gasteiger charge is 2.32. The third kappa shape index (κ3) is 4.28. The van der Waals surface area contributed by atoms with Gasteiger partial charge in [-0.2, -0.15) is 0 Å². The van der Waals surface area contributed by atoms with E-state index in [-0.39, 0.29) is 24.6 Å². The molecule has 24 heavy (non-hydrogen) atoms. The van der Waals surface area contributed by atoms with Crippen molar-refractivity contribution in [3.8, 4) is 11.5 Å². The molecular weight excluding hydrogens is 418 g/mol. The fourth-order valence-corrected chi connectivity index (χ4v) is 3.76. The molecule has 2 N–H and O–H groups in total. The summed E-state index contributed by atoms with van der Waals surface area (Å²) in [6.45, 7) is 2.23. The average Bonchev–Trinajstić information content (AvgIpc) is 2.76. The van der Waals surface area contributed by atoms with Crippen molar-refractivity contribution in [3.63, 3.8) is 0 Å². The summed E-state index contributed by atoms with van der Waals surface area (Å²) >= 11 is 9.50. The van der Waals surface area contributed by atoms with E-state index in [0.717, 1.165) is 11.8 Å². The second-order valence-electron chi connectivity index (χ2n) is 4.76. The lowest BCUT2D eigenvalue weighted by Gasteiger charge is -2.12. The number of halogens is 1. The fourth-order valence-electron chi connectivity index (χ4n) is 1.99. The van der Waals surface area contributed by atoms with Gasteiger partial charge in [0.1, 0.15) is 4.32 Å². The number of phenols is 1. The van der Waals surface area contributed by atoms with E-state index in [1.165, 1.54) is 4.90 Å². The molecule has 1 aliphatic rings. The average molecular weight is 432 g/mol. The van der Waals surface area contributed by atoms with Crippen LogP contribution in [0.25, 0.3) is 6.08 Å². The maximum Gasteiger partial charge on any atom is 0.305 e. The van der Waals surface area contributed by atoms with Crippen LogP contribution in [0.15, 0.2) is 21.5 Å². The minimum Gasteiger partial charge on any atom is -0.503 e. The zero-order chi connectivity index (χ0) is 17.9. The van der Waals surface area contributed by atoms with Crippen LogP contribution < -0.4 is 4.74 Å². The summed E-state index contributed by atoms with van der Waals surface area (Å²) in [5.74, 6) is -1.02. The predicted molar refractivity (Wildman–Crippen MR) is 99.1 cm³/mol. The van der Waals surface area contributed by atoms with Gasteiger partial charge in [-0.25, -0.2) is 0 Å². The lowest BCUT2D eigenvalue weighted by atomic mass is 10.2. The zero-order valence-corrected chi connectivity index (χ0v) is 15.8. The summed E-state index contributed by atoms with van der Waals surface area (Å²) in [6.07, 6.45) is 1.46. The molecule has 1 aromatic carbocycles. The lowest BCUT2D eigenvalue weighted by Crippen LogP contribution is -2.30. The SMILES string of the molecule is CCOc1cc(/C=C2\SC(=S)N(CCC(=O)O)C2=O)cc(Br)c1O. The van der Waals surface area contributed by atoms with Gasteiger partial charge in [-0.3, -0.25) is 14.5 Å². The van der Waals surface area contributed by atoms with Crippen LogP contribution in [0.2, 0.25) is 0 Å². The van der Waals surface area contributed by atoms with E-state index < -0.39 is 5.97 Å². The Morgan fingerprint density at radius 3 is 2.83 bits per heavy atom. The number of thioether (sulfide) groups is 1. The van der Waals surface area contributed by atoms with Gasteiger partial charge in [-0.1, -0.05) is 24.0 Å². The fraction of sp³-hybridized carbons (Fsp3) is 0.267. The first-order chi connectivity index (χ1) is 11.3. The van der Waals surface area contributed by atoms with Gasteiger partial charge in [-0.15, -0.1) is 0 Å². The number of carboxylic acid groups (broad SMARTS) is 1. The molecule has 1 aliphatic heterocycles. The lowest BCUT2D eigenvalue weighted by molar-refractivity contribution is -0.137. The van der Waals surface area contributed by atoms with Gasteiger partial charge in [0.25, 0.3) is 5.91 Å². The summed E-state index contributed by atoms with van der Waals surface area (Å²) in [4.78, 5) is 24.7. The standard InChI is InChI=1S/C15H14BrNO5S2/c1-2-22-10-6-8(5-9(16)13(10)20)7-11-14(21)17(15(23)24-11)4-3-12(18)19/h5-7,20H,2-4H2,1H3,(H,18,19)/b11-7-. The first kappa shape index (κ1) is 18.8. The summed E-state index contributed by atoms with van der Waals surface area (Å²) < 4.78 is 6.13. The van der Waals surface area contributed by atoms with Crippen LogP contribution in [0.5, 0.6) is 11.5 Å². The largest absolute Gasteiger partial charge is 0.503 e. The number of aromatic hydroxyl groups is 1. The molecule has 0 saturated carbocycles. The summed E-state index contributed by atoms with van der Waals surface area (Å²) in [7, 11) is 0. The second kappa shape index (κ2) is 8.00. The molecule has 0 bridgehead atoms. The van der Waals surface area contributed by atoms with Gasteiger partial charge < -0.3 is 14.9 Å². The van der Waals surface area contributed by atoms with Gasteiger partial charge in [0.15, 0.2) is 11.5 Å². The number of hydrogen-bond acceptors (Lipinski definition) is 6. The maximum absolute atomic E-state index is 12.4. The van der Waals surface area contributed by atoms with E-state index in [2.05, 4.69) is 15.9 Å². The Labute approximate surface area is 156 Å². The second-order valence-corrected chi connectivity index (χ2v) is 7.29. The third-order valence-corrected chi connectivity index (χ3v) is 5.05. The molecule has 1 fully saturated rings. The Hall–Kier alpha value is -1.58. The van der Waals surface area contributed by atoms with Crippen molar-refractivity contribution in [1.29, 1.82) is 0 Å². The minimum absolute atomic E-state index is 0.0111. The molecule has 0 unspecified atom stereocenters. The molecule has 1 amide bonds. The molecular formula is C15H14BrNO5S2. The number of hydrogen-bond donors (Lipinski definition) is 2. The molecule has 0 aromatic heterocycles. The van der Waals surface area contributed by atoms with Crippen molar-refractivity contribution in [2.75, 3.05) is 13.2 Å². The van der Waals surface area contributed by atoms with E-state index in [1.54, 1.807) is 25.1 Å². The van der Waals surface area contributed by atoms with Crippen LogP contribution in [0.4, 0.5) is 0 Å². The number of phenolic OH excluding ortho intramolecular Hbond substituents is 1. The molecule has 128 valence electrons. The predicted octanol–water partition coefficient (Wildman–Crippen LogP) is 3.23. The quantitative estimate of drug-likeness (QED) is 0.527. The number of carboxylic acids is 1. The van der Waals surface area contributed by atoms with Crippen molar-refractivity contribution >= 4 is 62.2 Å². The van der Waals surface area contributed by atoms with Crippen molar-refractivity contribution in [1.82, 2.24) is 4.90 Å². The number of amides is 1. The minimum atomic E-state index is -0.989. The molecule has 0 radical (unpaired) electrons. The molecule has 1 heterocycles. The van der Waals surface area contributed by atoms with Crippen molar-refractivity contribution in [3.05, 3.63) is 27.1 Å². The van der Waals surface area contributed by atoms with Crippen LogP contribution >= 0.6 is 39.9 Å². The van der Waals surface area contributed by atoms with Crippen molar-refractivity contribution < 1.29 is 24.5 Å². The number of thiocarbonyl (C=S) groups is 1. The van der Waals surface area contributed by atoms with Crippen LogP contribution in [-0.4, -0.2) is 44.5 Å². The maximum atomic E-state index is 12.4. The molecule has 2 rings (SSSR count). The molecule has 0 aliphatic carbocycles. The normalized spacial score (nSPS) is 16.1. The molecule has 1 saturated heterocycles. The molecule has 0 atom stereocenters. The number of carbonyl (C=O) groups excluding carboxylic acids is 1. The molecule has 0 spiro atoms. The van der Waals surface area contributed by atoms with Gasteiger partial charge >= 0.3 is 5.97 Å². The van der Waals surface area contributed by atoms with Crippen LogP contribution in [0.3, 0.4) is 0 Å². The number of rotatable bonds is 6. The highest BCUT2D eigenvalue weighted by Crippen LogP contribution is 2.38. The van der Waals surface area contributed by atoms with E-state index in [4.69, 9.17) is 22.1 Å². The third-order valence-electron chi connectivity index (χ3n) is 3.07. The number of benzene rings is 1. The Bertz CT molecular complexity index is 735. The van der Waals surface area contributed by atoms with Crippen LogP contribution in [-0.2, 0) is 9.59 Å². The summed E-state index contributed by atoms with van der Waals surface area (Å²) in [5.41, 5.74) is 0.654. The van der Waals surface area contributed by atoms with Gasteiger partial charge in [0, 0.05) is 6.54 Å². The zero-order valence-electron chi connectivity index (χ0n) is 12.6. The van der Waals surface area contributed by atoms with E-state index in [1.807, 2.05) is 0 Å². The van der Waals surface area contributed by atoms with Gasteiger partial charge in [-0.05, 0) is 46.6 Å². The molecule has 1 aromatic rings. The first-order valence-electron chi connectivity index (χ1n) is 6.96. The van der Waals surface area contributed by atoms with Crippen LogP contribution in [0, 0.1) is 0 Å². The molecule has 9 heteroatoms. The number of ether oxygens (including phenoxy) is 1. The van der Waals surface area contributed by atoms with E-state index >= 15 is 0 Å². The smallest absolute Gasteiger partial charge is 0.305 e. The summed E-state index contributed by atoms with van der Waals surface area (Å²) in [6, 6.07) is 3.27. The first-order valence-corrected chi connectivity index (χ1v) is 8.97. The Morgan fingerprint density at radius 1 is 1.50 bits per heavy atom. The Kier molecular flexibility index (Phi) is 6.25. The Morgan fingerprint density at radius 2 is 2.21 bits per heavy atom. The Balaban J connectivity index is 2.27. The summed E-state index contributed by atoms with van der Waals surface area (Å²) in [5, 5.41) is 18.7. The monoisotopic (exact) mass is 431 g/mol. The number of aliphatic carboxylic acids is 1. The van der Waals surface area contributed by atoms with E-state index in [0.29, 0.717) is 31.6 Å². The van der Waals surface area contributed by atoms with Gasteiger partial charge in [0.05, 0.1) is 22.4 Å². The highest BCUT2D eigenvalue weighted by atomic mass is 79.9. The topological polar surface area (TPSA) is 87.1 Å².